The fraction of sp³-hybridized carbons (Fsp3) is 0. The molecule has 0 aromatic heterocycles. The summed E-state index contributed by atoms with van der Waals surface area (Å²) >= 11 is 0. The third-order valence-corrected chi connectivity index (χ3v) is 0.966. The molecule has 3 heteroatoms. The van der Waals surface area contributed by atoms with E-state index in [9.17, 15) is 0 Å². The van der Waals surface area contributed by atoms with E-state index in [0.29, 0.717) is 0 Å². The highest BCUT2D eigenvalue weighted by Crippen LogP contribution is 1.91. The van der Waals surface area contributed by atoms with Crippen molar-refractivity contribution in [1.29, 1.82) is 5.41 Å². The molecule has 0 heterocycles. The SMILES string of the molecule is N=Cc1ccccc1.NN. The molecule has 0 spiro atoms. The largest absolute Gasteiger partial charge is 0.308 e. The maximum Gasteiger partial charge on any atom is 0.0250 e. The van der Waals surface area contributed by atoms with Crippen LogP contribution in [0, 0.1) is 5.41 Å². The van der Waals surface area contributed by atoms with Crippen molar-refractivity contribution in [3.05, 3.63) is 35.9 Å². The molecule has 0 aliphatic rings. The zero-order chi connectivity index (χ0) is 7.82. The van der Waals surface area contributed by atoms with Crippen LogP contribution in [-0.4, -0.2) is 6.21 Å². The maximum absolute atomic E-state index is 6.82. The Morgan fingerprint density at radius 1 is 1.10 bits per heavy atom. The molecule has 10 heavy (non-hydrogen) atoms. The monoisotopic (exact) mass is 137 g/mol. The summed E-state index contributed by atoms with van der Waals surface area (Å²) in [5.41, 5.74) is 0.951. The number of hydrogen-bond acceptors (Lipinski definition) is 3. The quantitative estimate of drug-likeness (QED) is 0.299. The standard InChI is InChI=1S/C7H7N.H4N2/c8-6-7-4-2-1-3-5-7;1-2/h1-6,8H;1-2H2. The van der Waals surface area contributed by atoms with E-state index in [-0.39, 0.29) is 0 Å². The first-order chi connectivity index (χ1) is 4.93. The van der Waals surface area contributed by atoms with Gasteiger partial charge in [0.05, 0.1) is 0 Å². The highest BCUT2D eigenvalue weighted by molar-refractivity contribution is 5.76. The average molecular weight is 137 g/mol. The highest BCUT2D eigenvalue weighted by atomic mass is 15.0. The molecule has 0 aliphatic heterocycles. The zero-order valence-electron chi connectivity index (χ0n) is 5.62. The van der Waals surface area contributed by atoms with Gasteiger partial charge in [-0.1, -0.05) is 30.3 Å². The second-order valence-corrected chi connectivity index (χ2v) is 1.56. The Morgan fingerprint density at radius 3 is 1.90 bits per heavy atom. The van der Waals surface area contributed by atoms with Crippen LogP contribution >= 0.6 is 0 Å². The summed E-state index contributed by atoms with van der Waals surface area (Å²) in [4.78, 5) is 0. The van der Waals surface area contributed by atoms with E-state index in [1.54, 1.807) is 0 Å². The average Bonchev–Trinajstić information content (AvgIpc) is 2.10. The molecular formula is C7H11N3. The summed E-state index contributed by atoms with van der Waals surface area (Å²) in [5.74, 6) is 8.00. The van der Waals surface area contributed by atoms with Crippen LogP contribution in [0.1, 0.15) is 5.56 Å². The van der Waals surface area contributed by atoms with Crippen LogP contribution in [-0.2, 0) is 0 Å². The number of nitrogens with one attached hydrogen (secondary N) is 1. The lowest BCUT2D eigenvalue weighted by Crippen LogP contribution is -2.02. The number of benzene rings is 1. The number of hydrogen-bond donors (Lipinski definition) is 3. The van der Waals surface area contributed by atoms with E-state index in [0.717, 1.165) is 5.56 Å². The summed E-state index contributed by atoms with van der Waals surface area (Å²) in [7, 11) is 0. The van der Waals surface area contributed by atoms with Gasteiger partial charge in [-0.3, -0.25) is 11.7 Å². The van der Waals surface area contributed by atoms with E-state index in [1.165, 1.54) is 6.21 Å². The molecule has 0 fully saturated rings. The minimum Gasteiger partial charge on any atom is -0.308 e. The van der Waals surface area contributed by atoms with Crippen LogP contribution < -0.4 is 11.7 Å². The Balaban J connectivity index is 0.000000371. The lowest BCUT2D eigenvalue weighted by Gasteiger charge is -1.84. The smallest absolute Gasteiger partial charge is 0.0250 e. The van der Waals surface area contributed by atoms with Crippen molar-refractivity contribution in [1.82, 2.24) is 0 Å². The second kappa shape index (κ2) is 5.94. The molecule has 3 nitrogen and oxygen atoms in total. The molecule has 0 radical (unpaired) electrons. The number of nitrogens with two attached hydrogens (primary N) is 2. The van der Waals surface area contributed by atoms with Crippen LogP contribution in [0.2, 0.25) is 0 Å². The molecule has 5 N–H and O–H groups in total. The first-order valence-corrected chi connectivity index (χ1v) is 2.82. The van der Waals surface area contributed by atoms with E-state index in [2.05, 4.69) is 11.7 Å². The predicted molar refractivity (Wildman–Crippen MR) is 42.7 cm³/mol. The summed E-state index contributed by atoms with van der Waals surface area (Å²) in [6, 6.07) is 9.56. The summed E-state index contributed by atoms with van der Waals surface area (Å²) in [5, 5.41) is 6.82. The minimum absolute atomic E-state index is 0.951. The van der Waals surface area contributed by atoms with Crippen LogP contribution in [0.15, 0.2) is 30.3 Å². The molecular weight excluding hydrogens is 126 g/mol. The topological polar surface area (TPSA) is 75.9 Å². The van der Waals surface area contributed by atoms with Gasteiger partial charge in [-0.15, -0.1) is 0 Å². The molecule has 1 aromatic rings. The van der Waals surface area contributed by atoms with Crippen molar-refractivity contribution >= 4 is 6.21 Å². The Kier molecular flexibility index (Phi) is 5.23. The lowest BCUT2D eigenvalue weighted by molar-refractivity contribution is 1.26. The van der Waals surface area contributed by atoms with Gasteiger partial charge in [0.2, 0.25) is 0 Å². The Bertz CT molecular complexity index is 171. The van der Waals surface area contributed by atoms with E-state index in [1.807, 2.05) is 30.3 Å². The normalized spacial score (nSPS) is 7.40. The van der Waals surface area contributed by atoms with Crippen molar-refractivity contribution in [3.63, 3.8) is 0 Å². The molecule has 1 rings (SSSR count). The van der Waals surface area contributed by atoms with E-state index < -0.39 is 0 Å². The molecule has 0 saturated heterocycles. The van der Waals surface area contributed by atoms with Gasteiger partial charge in [0, 0.05) is 6.21 Å². The van der Waals surface area contributed by atoms with Gasteiger partial charge in [0.25, 0.3) is 0 Å². The third-order valence-electron chi connectivity index (χ3n) is 0.966. The lowest BCUT2D eigenvalue weighted by atomic mass is 10.2. The van der Waals surface area contributed by atoms with Crippen LogP contribution in [0.25, 0.3) is 0 Å². The molecule has 0 atom stereocenters. The van der Waals surface area contributed by atoms with Gasteiger partial charge in [0.15, 0.2) is 0 Å². The maximum atomic E-state index is 6.82. The number of rotatable bonds is 1. The van der Waals surface area contributed by atoms with Crippen molar-refractivity contribution in [3.8, 4) is 0 Å². The minimum atomic E-state index is 0.951. The molecule has 0 unspecified atom stereocenters. The number of hydrazine groups is 1. The highest BCUT2D eigenvalue weighted by Gasteiger charge is 1.77. The second-order valence-electron chi connectivity index (χ2n) is 1.56. The Labute approximate surface area is 60.1 Å². The van der Waals surface area contributed by atoms with Gasteiger partial charge >= 0.3 is 0 Å². The zero-order valence-corrected chi connectivity index (χ0v) is 5.62. The summed E-state index contributed by atoms with van der Waals surface area (Å²) < 4.78 is 0. The third kappa shape index (κ3) is 2.96. The molecule has 0 amide bonds. The van der Waals surface area contributed by atoms with Crippen LogP contribution in [0.3, 0.4) is 0 Å². The summed E-state index contributed by atoms with van der Waals surface area (Å²) in [6.07, 6.45) is 1.33. The Morgan fingerprint density at radius 2 is 1.60 bits per heavy atom. The van der Waals surface area contributed by atoms with E-state index >= 15 is 0 Å². The van der Waals surface area contributed by atoms with Crippen molar-refractivity contribution in [2.24, 2.45) is 11.7 Å². The fourth-order valence-corrected chi connectivity index (χ4v) is 0.549. The van der Waals surface area contributed by atoms with Crippen LogP contribution in [0.4, 0.5) is 0 Å². The van der Waals surface area contributed by atoms with Crippen molar-refractivity contribution in [2.45, 2.75) is 0 Å². The van der Waals surface area contributed by atoms with Gasteiger partial charge in [0.1, 0.15) is 0 Å². The van der Waals surface area contributed by atoms with Gasteiger partial charge in [-0.2, -0.15) is 0 Å². The van der Waals surface area contributed by atoms with Crippen LogP contribution in [0.5, 0.6) is 0 Å². The van der Waals surface area contributed by atoms with Crippen molar-refractivity contribution < 1.29 is 0 Å². The Hall–Kier alpha value is -1.19. The van der Waals surface area contributed by atoms with Gasteiger partial charge in [-0.05, 0) is 5.56 Å². The molecule has 0 bridgehead atoms. The molecule has 54 valence electrons. The molecule has 0 aliphatic carbocycles. The molecule has 0 saturated carbocycles. The van der Waals surface area contributed by atoms with Crippen molar-refractivity contribution in [2.75, 3.05) is 0 Å². The van der Waals surface area contributed by atoms with Gasteiger partial charge in [-0.25, -0.2) is 0 Å². The van der Waals surface area contributed by atoms with Gasteiger partial charge < -0.3 is 5.41 Å². The first kappa shape index (κ1) is 8.81. The molecule has 1 aromatic carbocycles. The summed E-state index contributed by atoms with van der Waals surface area (Å²) in [6.45, 7) is 0. The predicted octanol–water partition coefficient (Wildman–Crippen LogP) is 0.503. The van der Waals surface area contributed by atoms with E-state index in [4.69, 9.17) is 5.41 Å². The fourth-order valence-electron chi connectivity index (χ4n) is 0.549. The first-order valence-electron chi connectivity index (χ1n) is 2.82.